The number of nitrogens with one attached hydrogen (secondary N) is 1. The number of aromatic nitrogens is 2. The van der Waals surface area contributed by atoms with E-state index < -0.39 is 0 Å². The summed E-state index contributed by atoms with van der Waals surface area (Å²) in [5.41, 5.74) is 1.34. The van der Waals surface area contributed by atoms with Crippen LogP contribution in [0.5, 0.6) is 0 Å². The third-order valence-electron chi connectivity index (χ3n) is 2.70. The van der Waals surface area contributed by atoms with Crippen molar-refractivity contribution in [1.82, 2.24) is 9.97 Å². The predicted molar refractivity (Wildman–Crippen MR) is 79.1 cm³/mol. The highest BCUT2D eigenvalue weighted by atomic mass is 35.5. The van der Waals surface area contributed by atoms with Crippen LogP contribution in [0.1, 0.15) is 10.5 Å². The van der Waals surface area contributed by atoms with Gasteiger partial charge >= 0.3 is 0 Å². The van der Waals surface area contributed by atoms with Crippen molar-refractivity contribution in [3.63, 3.8) is 0 Å². The first-order valence-corrected chi connectivity index (χ1v) is 6.54. The maximum absolute atomic E-state index is 12.1. The van der Waals surface area contributed by atoms with Gasteiger partial charge in [0.2, 0.25) is 5.89 Å². The third-order valence-corrected chi connectivity index (χ3v) is 2.94. The van der Waals surface area contributed by atoms with Crippen molar-refractivity contribution in [2.45, 2.75) is 0 Å². The molecule has 0 aliphatic rings. The van der Waals surface area contributed by atoms with Crippen molar-refractivity contribution >= 4 is 23.2 Å². The second-order valence-electron chi connectivity index (χ2n) is 4.22. The predicted octanol–water partition coefficient (Wildman–Crippen LogP) is 3.64. The van der Waals surface area contributed by atoms with Crippen LogP contribution < -0.4 is 5.32 Å². The summed E-state index contributed by atoms with van der Waals surface area (Å²) in [6, 6.07) is 12.2. The lowest BCUT2D eigenvalue weighted by atomic mass is 10.3. The van der Waals surface area contributed by atoms with Gasteiger partial charge in [0.1, 0.15) is 12.0 Å². The molecule has 1 N–H and O–H groups in total. The van der Waals surface area contributed by atoms with Gasteiger partial charge in [0, 0.05) is 16.9 Å². The Bertz CT molecular complexity index is 771. The van der Waals surface area contributed by atoms with E-state index in [0.29, 0.717) is 22.3 Å². The summed E-state index contributed by atoms with van der Waals surface area (Å²) >= 11 is 5.86. The summed E-state index contributed by atoms with van der Waals surface area (Å²) in [5.74, 6) is -0.0740. The van der Waals surface area contributed by atoms with E-state index >= 15 is 0 Å². The molecule has 0 spiro atoms. The minimum absolute atomic E-state index is 0.177. The molecule has 0 bridgehead atoms. The van der Waals surface area contributed by atoms with Gasteiger partial charge in [-0.25, -0.2) is 4.98 Å². The normalized spacial score (nSPS) is 10.3. The molecule has 5 nitrogen and oxygen atoms in total. The number of oxazole rings is 1. The molecular formula is C15H10ClN3O2. The van der Waals surface area contributed by atoms with E-state index in [1.807, 2.05) is 6.07 Å². The highest BCUT2D eigenvalue weighted by Crippen LogP contribution is 2.18. The lowest BCUT2D eigenvalue weighted by Crippen LogP contribution is -2.12. The number of rotatable bonds is 3. The Morgan fingerprint density at radius 1 is 1.19 bits per heavy atom. The molecule has 0 radical (unpaired) electrons. The van der Waals surface area contributed by atoms with Crippen LogP contribution in [0.3, 0.4) is 0 Å². The minimum Gasteiger partial charge on any atom is -0.442 e. The summed E-state index contributed by atoms with van der Waals surface area (Å²) in [7, 11) is 0. The van der Waals surface area contributed by atoms with E-state index in [1.165, 1.54) is 6.26 Å². The Morgan fingerprint density at radius 2 is 2.10 bits per heavy atom. The fraction of sp³-hybridized carbons (Fsp3) is 0. The molecule has 6 heteroatoms. The molecule has 0 aliphatic carbocycles. The molecular weight excluding hydrogens is 290 g/mol. The van der Waals surface area contributed by atoms with Crippen LogP contribution in [0.4, 0.5) is 5.69 Å². The molecule has 0 saturated heterocycles. The first-order valence-electron chi connectivity index (χ1n) is 6.16. The number of amides is 1. The lowest BCUT2D eigenvalue weighted by Gasteiger charge is -2.02. The molecule has 1 amide bonds. The first kappa shape index (κ1) is 13.3. The number of pyridine rings is 1. The Hall–Kier alpha value is -2.66. The van der Waals surface area contributed by atoms with Crippen LogP contribution in [0, 0.1) is 0 Å². The Balaban J connectivity index is 1.78. The average Bonchev–Trinajstić information content (AvgIpc) is 2.98. The minimum atomic E-state index is -0.372. The molecule has 0 fully saturated rings. The quantitative estimate of drug-likeness (QED) is 0.801. The zero-order valence-corrected chi connectivity index (χ0v) is 11.5. The number of anilines is 1. The van der Waals surface area contributed by atoms with Crippen molar-refractivity contribution in [2.75, 3.05) is 5.32 Å². The zero-order valence-electron chi connectivity index (χ0n) is 10.8. The highest BCUT2D eigenvalue weighted by molar-refractivity contribution is 6.30. The van der Waals surface area contributed by atoms with E-state index in [-0.39, 0.29) is 11.6 Å². The Morgan fingerprint density at radius 3 is 2.86 bits per heavy atom. The first-order chi connectivity index (χ1) is 10.2. The third kappa shape index (κ3) is 3.09. The van der Waals surface area contributed by atoms with Crippen LogP contribution in [-0.2, 0) is 0 Å². The standard InChI is InChI=1S/C15H10ClN3O2/c16-10-4-3-5-11(8-10)18-14(20)13-9-21-15(19-13)12-6-1-2-7-17-12/h1-9H,(H,18,20). The smallest absolute Gasteiger partial charge is 0.277 e. The van der Waals surface area contributed by atoms with Crippen molar-refractivity contribution < 1.29 is 9.21 Å². The maximum Gasteiger partial charge on any atom is 0.277 e. The van der Waals surface area contributed by atoms with Gasteiger partial charge in [-0.1, -0.05) is 23.7 Å². The van der Waals surface area contributed by atoms with Crippen molar-refractivity contribution in [3.8, 4) is 11.6 Å². The number of carbonyl (C=O) groups is 1. The van der Waals surface area contributed by atoms with Gasteiger partial charge in [-0.3, -0.25) is 9.78 Å². The summed E-state index contributed by atoms with van der Waals surface area (Å²) in [6.45, 7) is 0. The summed E-state index contributed by atoms with van der Waals surface area (Å²) in [5, 5.41) is 3.24. The van der Waals surface area contributed by atoms with Gasteiger partial charge < -0.3 is 9.73 Å². The number of halogens is 1. The van der Waals surface area contributed by atoms with Gasteiger partial charge in [-0.15, -0.1) is 0 Å². The summed E-state index contributed by atoms with van der Waals surface area (Å²) in [6.07, 6.45) is 2.93. The molecule has 0 unspecified atom stereocenters. The fourth-order valence-electron chi connectivity index (χ4n) is 1.75. The van der Waals surface area contributed by atoms with Gasteiger partial charge in [-0.2, -0.15) is 0 Å². The second-order valence-corrected chi connectivity index (χ2v) is 4.65. The Kier molecular flexibility index (Phi) is 3.66. The van der Waals surface area contributed by atoms with Crippen molar-refractivity contribution in [2.24, 2.45) is 0 Å². The van der Waals surface area contributed by atoms with Gasteiger partial charge in [0.05, 0.1) is 0 Å². The molecule has 2 heterocycles. The van der Waals surface area contributed by atoms with E-state index in [2.05, 4.69) is 15.3 Å². The highest BCUT2D eigenvalue weighted by Gasteiger charge is 2.14. The van der Waals surface area contributed by atoms with Gasteiger partial charge in [0.15, 0.2) is 5.69 Å². The summed E-state index contributed by atoms with van der Waals surface area (Å²) in [4.78, 5) is 20.3. The molecule has 2 aromatic heterocycles. The van der Waals surface area contributed by atoms with Crippen molar-refractivity contribution in [3.05, 3.63) is 65.6 Å². The number of hydrogen-bond donors (Lipinski definition) is 1. The maximum atomic E-state index is 12.1. The molecule has 3 rings (SSSR count). The Labute approximate surface area is 125 Å². The lowest BCUT2D eigenvalue weighted by molar-refractivity contribution is 0.102. The fourth-order valence-corrected chi connectivity index (χ4v) is 1.94. The van der Waals surface area contributed by atoms with Gasteiger partial charge in [0.25, 0.3) is 5.91 Å². The molecule has 3 aromatic rings. The number of hydrogen-bond acceptors (Lipinski definition) is 4. The second kappa shape index (κ2) is 5.76. The largest absolute Gasteiger partial charge is 0.442 e. The number of benzene rings is 1. The molecule has 1 aromatic carbocycles. The van der Waals surface area contributed by atoms with E-state index in [4.69, 9.17) is 16.0 Å². The van der Waals surface area contributed by atoms with Crippen molar-refractivity contribution in [1.29, 1.82) is 0 Å². The average molecular weight is 300 g/mol. The van der Waals surface area contributed by atoms with Crippen LogP contribution >= 0.6 is 11.6 Å². The topological polar surface area (TPSA) is 68.0 Å². The van der Waals surface area contributed by atoms with Crippen LogP contribution in [0.25, 0.3) is 11.6 Å². The number of nitrogens with zero attached hydrogens (tertiary/aromatic N) is 2. The molecule has 0 aliphatic heterocycles. The monoisotopic (exact) mass is 299 g/mol. The molecule has 104 valence electrons. The van der Waals surface area contributed by atoms with Crippen LogP contribution in [-0.4, -0.2) is 15.9 Å². The van der Waals surface area contributed by atoms with Gasteiger partial charge in [-0.05, 0) is 30.3 Å². The molecule has 0 atom stereocenters. The molecule has 21 heavy (non-hydrogen) atoms. The van der Waals surface area contributed by atoms with E-state index in [1.54, 1.807) is 42.6 Å². The SMILES string of the molecule is O=C(Nc1cccc(Cl)c1)c1coc(-c2ccccn2)n1. The molecule has 0 saturated carbocycles. The van der Waals surface area contributed by atoms with Crippen LogP contribution in [0.15, 0.2) is 59.3 Å². The van der Waals surface area contributed by atoms with Crippen LogP contribution in [0.2, 0.25) is 5.02 Å². The van der Waals surface area contributed by atoms with E-state index in [9.17, 15) is 4.79 Å². The summed E-state index contributed by atoms with van der Waals surface area (Å²) < 4.78 is 5.27. The number of carbonyl (C=O) groups excluding carboxylic acids is 1. The van der Waals surface area contributed by atoms with E-state index in [0.717, 1.165) is 0 Å². The zero-order chi connectivity index (χ0) is 14.7.